The van der Waals surface area contributed by atoms with Gasteiger partial charge in [-0.15, -0.1) is 0 Å². The third-order valence-electron chi connectivity index (χ3n) is 5.04. The molecule has 1 aromatic carbocycles. The zero-order chi connectivity index (χ0) is 14.5. The van der Waals surface area contributed by atoms with Gasteiger partial charge in [0, 0.05) is 5.92 Å². The first-order valence-electron chi connectivity index (χ1n) is 6.95. The van der Waals surface area contributed by atoms with Crippen molar-refractivity contribution in [3.63, 3.8) is 0 Å². The summed E-state index contributed by atoms with van der Waals surface area (Å²) in [4.78, 5) is 24.6. The Labute approximate surface area is 118 Å². The second-order valence-electron chi connectivity index (χ2n) is 6.29. The number of carbonyl (C=O) groups is 2. The SMILES string of the molecule is C[C@@H](NC(=O)[C@]12C(=O)OC[C@H]1C2(C)C)c1ccccc1. The van der Waals surface area contributed by atoms with Crippen LogP contribution in [0.1, 0.15) is 32.4 Å². The number of ether oxygens (including phenoxy) is 1. The maximum atomic E-state index is 12.6. The Morgan fingerprint density at radius 3 is 2.55 bits per heavy atom. The Bertz CT molecular complexity index is 566. The monoisotopic (exact) mass is 273 g/mol. The number of amides is 1. The van der Waals surface area contributed by atoms with Gasteiger partial charge in [0.05, 0.1) is 12.6 Å². The fourth-order valence-electron chi connectivity index (χ4n) is 3.56. The maximum Gasteiger partial charge on any atom is 0.322 e. The van der Waals surface area contributed by atoms with Crippen LogP contribution in [-0.2, 0) is 14.3 Å². The van der Waals surface area contributed by atoms with E-state index in [1.165, 1.54) is 0 Å². The minimum Gasteiger partial charge on any atom is -0.464 e. The number of rotatable bonds is 3. The summed E-state index contributed by atoms with van der Waals surface area (Å²) in [6.45, 7) is 6.21. The van der Waals surface area contributed by atoms with E-state index in [2.05, 4.69) is 5.32 Å². The predicted molar refractivity (Wildman–Crippen MR) is 73.7 cm³/mol. The van der Waals surface area contributed by atoms with Gasteiger partial charge in [0.1, 0.15) is 0 Å². The van der Waals surface area contributed by atoms with Crippen molar-refractivity contribution in [2.75, 3.05) is 6.61 Å². The fraction of sp³-hybridized carbons (Fsp3) is 0.500. The summed E-state index contributed by atoms with van der Waals surface area (Å²) in [5, 5.41) is 2.97. The first kappa shape index (κ1) is 13.2. The van der Waals surface area contributed by atoms with Gasteiger partial charge in [-0.05, 0) is 17.9 Å². The second kappa shape index (κ2) is 4.08. The Balaban J connectivity index is 1.79. The van der Waals surface area contributed by atoms with Crippen molar-refractivity contribution in [1.29, 1.82) is 0 Å². The first-order chi connectivity index (χ1) is 9.42. The summed E-state index contributed by atoms with van der Waals surface area (Å²) in [6, 6.07) is 9.61. The van der Waals surface area contributed by atoms with E-state index < -0.39 is 5.41 Å². The van der Waals surface area contributed by atoms with Crippen LogP contribution in [0.4, 0.5) is 0 Å². The Morgan fingerprint density at radius 1 is 1.35 bits per heavy atom. The Kier molecular flexibility index (Phi) is 2.68. The van der Waals surface area contributed by atoms with Crippen molar-refractivity contribution < 1.29 is 14.3 Å². The molecule has 0 radical (unpaired) electrons. The topological polar surface area (TPSA) is 55.4 Å². The van der Waals surface area contributed by atoms with E-state index in [4.69, 9.17) is 4.74 Å². The van der Waals surface area contributed by atoms with Gasteiger partial charge in [-0.25, -0.2) is 0 Å². The summed E-state index contributed by atoms with van der Waals surface area (Å²) in [5.74, 6) is -0.568. The van der Waals surface area contributed by atoms with E-state index in [-0.39, 0.29) is 29.3 Å². The van der Waals surface area contributed by atoms with Gasteiger partial charge in [-0.2, -0.15) is 0 Å². The summed E-state index contributed by atoms with van der Waals surface area (Å²) in [5.41, 5.74) is -0.252. The van der Waals surface area contributed by atoms with Crippen molar-refractivity contribution in [3.05, 3.63) is 35.9 Å². The van der Waals surface area contributed by atoms with Crippen molar-refractivity contribution in [3.8, 4) is 0 Å². The summed E-state index contributed by atoms with van der Waals surface area (Å²) in [6.07, 6.45) is 0. The van der Waals surface area contributed by atoms with Crippen LogP contribution in [0.15, 0.2) is 30.3 Å². The zero-order valence-corrected chi connectivity index (χ0v) is 12.0. The van der Waals surface area contributed by atoms with Gasteiger partial charge >= 0.3 is 5.97 Å². The highest BCUT2D eigenvalue weighted by atomic mass is 16.5. The third kappa shape index (κ3) is 1.48. The molecule has 106 valence electrons. The smallest absolute Gasteiger partial charge is 0.322 e. The van der Waals surface area contributed by atoms with Gasteiger partial charge in [0.2, 0.25) is 5.91 Å². The molecule has 0 spiro atoms. The van der Waals surface area contributed by atoms with Gasteiger partial charge in [-0.1, -0.05) is 44.2 Å². The summed E-state index contributed by atoms with van der Waals surface area (Å²) in [7, 11) is 0. The van der Waals surface area contributed by atoms with Gasteiger partial charge in [0.15, 0.2) is 5.41 Å². The van der Waals surface area contributed by atoms with Crippen molar-refractivity contribution in [2.24, 2.45) is 16.7 Å². The molecule has 2 fully saturated rings. The molecule has 4 heteroatoms. The average Bonchev–Trinajstić information content (AvgIpc) is 2.73. The first-order valence-corrected chi connectivity index (χ1v) is 6.95. The molecule has 4 nitrogen and oxygen atoms in total. The minimum absolute atomic E-state index is 0.00507. The second-order valence-corrected chi connectivity index (χ2v) is 6.29. The number of nitrogens with one attached hydrogen (secondary N) is 1. The standard InChI is InChI=1S/C16H19NO3/c1-10(11-7-5-4-6-8-11)17-13(18)16-12(15(16,2)3)9-20-14(16)19/h4-8,10,12H,9H2,1-3H3,(H,17,18)/t10-,12+,16+/m1/s1. The van der Waals surface area contributed by atoms with Crippen molar-refractivity contribution in [2.45, 2.75) is 26.8 Å². The number of esters is 1. The number of carbonyl (C=O) groups excluding carboxylic acids is 2. The molecule has 1 aliphatic heterocycles. The molecule has 2 aliphatic rings. The molecule has 0 unspecified atom stereocenters. The number of fused-ring (bicyclic) bond motifs is 1. The zero-order valence-electron chi connectivity index (χ0n) is 12.0. The molecule has 1 amide bonds. The van der Waals surface area contributed by atoms with Crippen LogP contribution in [0.3, 0.4) is 0 Å². The normalized spacial score (nSPS) is 31.1. The van der Waals surface area contributed by atoms with Crippen LogP contribution in [0, 0.1) is 16.7 Å². The quantitative estimate of drug-likeness (QED) is 0.677. The predicted octanol–water partition coefficient (Wildman–Crippen LogP) is 2.06. The number of hydrogen-bond acceptors (Lipinski definition) is 3. The van der Waals surface area contributed by atoms with Crippen LogP contribution in [-0.4, -0.2) is 18.5 Å². The summed E-state index contributed by atoms with van der Waals surface area (Å²) < 4.78 is 5.06. The lowest BCUT2D eigenvalue weighted by atomic mass is 9.94. The minimum atomic E-state index is -0.976. The highest BCUT2D eigenvalue weighted by Crippen LogP contribution is 2.72. The van der Waals surface area contributed by atoms with E-state index in [0.29, 0.717) is 6.61 Å². The van der Waals surface area contributed by atoms with E-state index in [0.717, 1.165) is 5.56 Å². The molecule has 3 rings (SSSR count). The molecule has 0 aromatic heterocycles. The molecular weight excluding hydrogens is 254 g/mol. The van der Waals surface area contributed by atoms with Gasteiger partial charge < -0.3 is 10.1 Å². The van der Waals surface area contributed by atoms with Gasteiger partial charge in [-0.3, -0.25) is 9.59 Å². The molecule has 3 atom stereocenters. The molecule has 0 bridgehead atoms. The van der Waals surface area contributed by atoms with E-state index in [9.17, 15) is 9.59 Å². The fourth-order valence-corrected chi connectivity index (χ4v) is 3.56. The van der Waals surface area contributed by atoms with E-state index in [1.807, 2.05) is 51.1 Å². The number of benzene rings is 1. The van der Waals surface area contributed by atoms with Crippen molar-refractivity contribution >= 4 is 11.9 Å². The van der Waals surface area contributed by atoms with Crippen LogP contribution in [0.2, 0.25) is 0 Å². The lowest BCUT2D eigenvalue weighted by molar-refractivity contribution is -0.152. The molecule has 1 saturated heterocycles. The van der Waals surface area contributed by atoms with Crippen LogP contribution in [0.5, 0.6) is 0 Å². The molecule has 1 saturated carbocycles. The van der Waals surface area contributed by atoms with E-state index in [1.54, 1.807) is 0 Å². The molecule has 1 aromatic rings. The highest BCUT2D eigenvalue weighted by Gasteiger charge is 2.84. The lowest BCUT2D eigenvalue weighted by Crippen LogP contribution is -2.40. The van der Waals surface area contributed by atoms with Crippen molar-refractivity contribution in [1.82, 2.24) is 5.32 Å². The molecular formula is C16H19NO3. The van der Waals surface area contributed by atoms with Crippen LogP contribution in [0.25, 0.3) is 0 Å². The summed E-state index contributed by atoms with van der Waals surface area (Å²) >= 11 is 0. The Hall–Kier alpha value is -1.84. The largest absolute Gasteiger partial charge is 0.464 e. The van der Waals surface area contributed by atoms with Crippen LogP contribution < -0.4 is 5.32 Å². The molecule has 20 heavy (non-hydrogen) atoms. The average molecular weight is 273 g/mol. The molecule has 1 aliphatic carbocycles. The molecule has 1 N–H and O–H groups in total. The van der Waals surface area contributed by atoms with Gasteiger partial charge in [0.25, 0.3) is 0 Å². The number of hydrogen-bond donors (Lipinski definition) is 1. The van der Waals surface area contributed by atoms with E-state index >= 15 is 0 Å². The Morgan fingerprint density at radius 2 is 2.00 bits per heavy atom. The highest BCUT2D eigenvalue weighted by molar-refractivity contribution is 6.09. The molecule has 1 heterocycles. The lowest BCUT2D eigenvalue weighted by Gasteiger charge is -2.20. The number of cyclic esters (lactones) is 1. The third-order valence-corrected chi connectivity index (χ3v) is 5.04. The maximum absolute atomic E-state index is 12.6. The van der Waals surface area contributed by atoms with Crippen LogP contribution >= 0.6 is 0 Å².